The van der Waals surface area contributed by atoms with Crippen molar-refractivity contribution in [3.8, 4) is 5.75 Å². The van der Waals surface area contributed by atoms with Gasteiger partial charge in [0.15, 0.2) is 0 Å². The summed E-state index contributed by atoms with van der Waals surface area (Å²) in [7, 11) is 1.64. The molecule has 0 heterocycles. The van der Waals surface area contributed by atoms with Gasteiger partial charge >= 0.3 is 6.61 Å². The van der Waals surface area contributed by atoms with Gasteiger partial charge in [-0.3, -0.25) is 9.59 Å². The first-order valence-corrected chi connectivity index (χ1v) is 9.33. The van der Waals surface area contributed by atoms with Crippen molar-refractivity contribution in [3.63, 3.8) is 0 Å². The third-order valence-electron chi connectivity index (χ3n) is 4.44. The van der Waals surface area contributed by atoms with Gasteiger partial charge in [-0.25, -0.2) is 0 Å². The van der Waals surface area contributed by atoms with E-state index in [4.69, 9.17) is 0 Å². The highest BCUT2D eigenvalue weighted by Gasteiger charge is 2.27. The molecule has 156 valence electrons. The van der Waals surface area contributed by atoms with E-state index in [1.54, 1.807) is 37.4 Å². The second-order valence-corrected chi connectivity index (χ2v) is 7.28. The molecule has 2 rings (SSSR count). The number of carbonyl (C=O) groups is 2. The van der Waals surface area contributed by atoms with E-state index < -0.39 is 12.7 Å². The van der Waals surface area contributed by atoms with Crippen LogP contribution in [0.1, 0.15) is 35.3 Å². The van der Waals surface area contributed by atoms with Gasteiger partial charge in [0.25, 0.3) is 5.91 Å². The van der Waals surface area contributed by atoms with Crippen molar-refractivity contribution in [3.05, 3.63) is 65.2 Å². The van der Waals surface area contributed by atoms with Crippen LogP contribution in [0.2, 0.25) is 0 Å². The van der Waals surface area contributed by atoms with Crippen LogP contribution in [0.15, 0.2) is 48.5 Å². The van der Waals surface area contributed by atoms with Gasteiger partial charge in [0.1, 0.15) is 11.8 Å². The molecule has 0 aromatic heterocycles. The number of alkyl halides is 2. The minimum absolute atomic E-state index is 0.0585. The van der Waals surface area contributed by atoms with Crippen LogP contribution in [0.4, 0.5) is 8.78 Å². The summed E-state index contributed by atoms with van der Waals surface area (Å²) in [4.78, 5) is 27.0. The maximum Gasteiger partial charge on any atom is 0.387 e. The van der Waals surface area contributed by atoms with Crippen LogP contribution in [-0.2, 0) is 11.3 Å². The minimum atomic E-state index is -2.88. The maximum atomic E-state index is 12.9. The molecule has 0 spiro atoms. The van der Waals surface area contributed by atoms with Crippen LogP contribution in [0.5, 0.6) is 5.75 Å². The van der Waals surface area contributed by atoms with E-state index in [1.807, 2.05) is 26.8 Å². The molecule has 0 aliphatic rings. The molecule has 0 bridgehead atoms. The molecular weight excluding hydrogens is 378 g/mol. The highest BCUT2D eigenvalue weighted by molar-refractivity contribution is 5.97. The zero-order valence-electron chi connectivity index (χ0n) is 17.0. The van der Waals surface area contributed by atoms with Crippen molar-refractivity contribution in [2.45, 2.75) is 40.0 Å². The predicted octanol–water partition coefficient (Wildman–Crippen LogP) is 4.01. The number of nitrogens with zero attached hydrogens (tertiary/aromatic N) is 1. The molecule has 0 saturated heterocycles. The van der Waals surface area contributed by atoms with Crippen LogP contribution >= 0.6 is 0 Å². The molecule has 1 N–H and O–H groups in total. The Morgan fingerprint density at radius 1 is 1.10 bits per heavy atom. The second-order valence-electron chi connectivity index (χ2n) is 7.28. The quantitative estimate of drug-likeness (QED) is 0.723. The number of aryl methyl sites for hydroxylation is 1. The Hall–Kier alpha value is -2.96. The summed E-state index contributed by atoms with van der Waals surface area (Å²) >= 11 is 0. The number of benzene rings is 2. The van der Waals surface area contributed by atoms with Gasteiger partial charge < -0.3 is 15.0 Å². The molecular formula is C22H26F2N2O3. The summed E-state index contributed by atoms with van der Waals surface area (Å²) in [6, 6.07) is 12.6. The van der Waals surface area contributed by atoms with Gasteiger partial charge in [0.2, 0.25) is 5.91 Å². The van der Waals surface area contributed by atoms with Gasteiger partial charge in [-0.15, -0.1) is 0 Å². The summed E-state index contributed by atoms with van der Waals surface area (Å²) in [5, 5.41) is 2.82. The highest BCUT2D eigenvalue weighted by atomic mass is 19.3. The maximum absolute atomic E-state index is 12.9. The zero-order valence-corrected chi connectivity index (χ0v) is 17.0. The molecule has 5 nitrogen and oxygen atoms in total. The van der Waals surface area contributed by atoms with Crippen molar-refractivity contribution in [1.29, 1.82) is 0 Å². The molecule has 2 aromatic carbocycles. The SMILES string of the molecule is Cc1cccc(C(=O)NC(C(=O)N(C)Cc2ccc(OC(F)F)cc2)C(C)C)c1. The first-order valence-electron chi connectivity index (χ1n) is 9.33. The van der Waals surface area contributed by atoms with Crippen LogP contribution in [0.3, 0.4) is 0 Å². The standard InChI is InChI=1S/C22H26F2N2O3/c1-14(2)19(25-20(27)17-7-5-6-15(3)12-17)21(28)26(4)13-16-8-10-18(11-9-16)29-22(23)24/h5-12,14,19,22H,13H2,1-4H3,(H,25,27). The third-order valence-corrected chi connectivity index (χ3v) is 4.44. The molecule has 0 aliphatic carbocycles. The number of hydrogen-bond donors (Lipinski definition) is 1. The topological polar surface area (TPSA) is 58.6 Å². The second kappa shape index (κ2) is 10.0. The monoisotopic (exact) mass is 404 g/mol. The van der Waals surface area contributed by atoms with Gasteiger partial charge in [-0.05, 0) is 42.7 Å². The normalized spacial score (nSPS) is 12.0. The Kier molecular flexibility index (Phi) is 7.70. The minimum Gasteiger partial charge on any atom is -0.435 e. The van der Waals surface area contributed by atoms with Crippen molar-refractivity contribution < 1.29 is 23.1 Å². The molecule has 1 atom stereocenters. The lowest BCUT2D eigenvalue weighted by Gasteiger charge is -2.27. The number of halogens is 2. The largest absolute Gasteiger partial charge is 0.435 e. The van der Waals surface area contributed by atoms with Crippen LogP contribution in [-0.4, -0.2) is 36.4 Å². The summed E-state index contributed by atoms with van der Waals surface area (Å²) < 4.78 is 28.8. The number of rotatable bonds is 8. The fourth-order valence-corrected chi connectivity index (χ4v) is 2.89. The first-order chi connectivity index (χ1) is 13.7. The van der Waals surface area contributed by atoms with Crippen LogP contribution in [0.25, 0.3) is 0 Å². The first kappa shape index (κ1) is 22.3. The van der Waals surface area contributed by atoms with Gasteiger partial charge in [-0.2, -0.15) is 8.78 Å². The Morgan fingerprint density at radius 3 is 2.31 bits per heavy atom. The Labute approximate surface area is 169 Å². The van der Waals surface area contributed by atoms with E-state index >= 15 is 0 Å². The summed E-state index contributed by atoms with van der Waals surface area (Å²) in [5.74, 6) is -0.583. The molecule has 0 aliphatic heterocycles. The fraction of sp³-hybridized carbons (Fsp3) is 0.364. The number of likely N-dealkylation sites (N-methyl/N-ethyl adjacent to an activating group) is 1. The van der Waals surface area contributed by atoms with Crippen molar-refractivity contribution in [2.24, 2.45) is 5.92 Å². The van der Waals surface area contributed by atoms with E-state index in [-0.39, 0.29) is 30.0 Å². The van der Waals surface area contributed by atoms with Crippen LogP contribution in [0, 0.1) is 12.8 Å². The Bertz CT molecular complexity index is 838. The Balaban J connectivity index is 2.04. The van der Waals surface area contributed by atoms with Crippen molar-refractivity contribution in [2.75, 3.05) is 7.05 Å². The number of nitrogens with one attached hydrogen (secondary N) is 1. The average molecular weight is 404 g/mol. The Morgan fingerprint density at radius 2 is 1.76 bits per heavy atom. The molecule has 0 fully saturated rings. The van der Waals surface area contributed by atoms with E-state index in [2.05, 4.69) is 10.1 Å². The average Bonchev–Trinajstić information content (AvgIpc) is 2.66. The van der Waals surface area contributed by atoms with Gasteiger partial charge in [0.05, 0.1) is 0 Å². The van der Waals surface area contributed by atoms with Crippen molar-refractivity contribution >= 4 is 11.8 Å². The molecule has 29 heavy (non-hydrogen) atoms. The smallest absolute Gasteiger partial charge is 0.387 e. The zero-order chi connectivity index (χ0) is 21.6. The van der Waals surface area contributed by atoms with E-state index in [0.29, 0.717) is 5.56 Å². The molecule has 0 saturated carbocycles. The van der Waals surface area contributed by atoms with E-state index in [9.17, 15) is 18.4 Å². The molecule has 1 unspecified atom stereocenters. The summed E-state index contributed by atoms with van der Waals surface area (Å²) in [6.07, 6.45) is 0. The fourth-order valence-electron chi connectivity index (χ4n) is 2.89. The molecule has 2 aromatic rings. The summed E-state index contributed by atoms with van der Waals surface area (Å²) in [5.41, 5.74) is 2.22. The lowest BCUT2D eigenvalue weighted by atomic mass is 10.0. The van der Waals surface area contributed by atoms with E-state index in [1.165, 1.54) is 17.0 Å². The van der Waals surface area contributed by atoms with E-state index in [0.717, 1.165) is 11.1 Å². The highest BCUT2D eigenvalue weighted by Crippen LogP contribution is 2.17. The van der Waals surface area contributed by atoms with Crippen LogP contribution < -0.4 is 10.1 Å². The molecule has 2 amide bonds. The number of hydrogen-bond acceptors (Lipinski definition) is 3. The lowest BCUT2D eigenvalue weighted by Crippen LogP contribution is -2.50. The van der Waals surface area contributed by atoms with Crippen molar-refractivity contribution in [1.82, 2.24) is 10.2 Å². The van der Waals surface area contributed by atoms with Gasteiger partial charge in [-0.1, -0.05) is 43.7 Å². The number of carbonyl (C=O) groups excluding carboxylic acids is 2. The molecule has 0 radical (unpaired) electrons. The molecule has 7 heteroatoms. The number of amides is 2. The summed E-state index contributed by atoms with van der Waals surface area (Å²) in [6.45, 7) is 3.02. The lowest BCUT2D eigenvalue weighted by molar-refractivity contribution is -0.133. The van der Waals surface area contributed by atoms with Gasteiger partial charge in [0, 0.05) is 19.2 Å². The predicted molar refractivity (Wildman–Crippen MR) is 107 cm³/mol. The number of ether oxygens (including phenoxy) is 1. The third kappa shape index (κ3) is 6.55.